The topological polar surface area (TPSA) is 77.2 Å². The Morgan fingerprint density at radius 1 is 1.15 bits per heavy atom. The van der Waals surface area contributed by atoms with E-state index in [-0.39, 0.29) is 5.69 Å². The summed E-state index contributed by atoms with van der Waals surface area (Å²) in [6, 6.07) is 12.0. The minimum atomic E-state index is -2.92. The molecule has 1 atom stereocenters. The van der Waals surface area contributed by atoms with Gasteiger partial charge in [0.1, 0.15) is 0 Å². The molecule has 1 amide bonds. The normalized spacial score (nSPS) is 13.2. The first kappa shape index (κ1) is 19.5. The first-order valence-corrected chi connectivity index (χ1v) is 10.6. The summed E-state index contributed by atoms with van der Waals surface area (Å²) in [6.07, 6.45) is 1.43. The Bertz CT molecular complexity index is 1160. The van der Waals surface area contributed by atoms with E-state index in [0.29, 0.717) is 26.3 Å². The van der Waals surface area contributed by atoms with Gasteiger partial charge in [-0.05, 0) is 43.7 Å². The summed E-state index contributed by atoms with van der Waals surface area (Å²) in [7, 11) is -2.92. The average Bonchev–Trinajstić information content (AvgIpc) is 2.96. The Hall–Kier alpha value is -2.22. The maximum absolute atomic E-state index is 13.0. The highest BCUT2D eigenvalue weighted by Gasteiger charge is 2.21. The molecule has 6 nitrogen and oxygen atoms in total. The summed E-state index contributed by atoms with van der Waals surface area (Å²) >= 11 is 12.1. The lowest BCUT2D eigenvalue weighted by atomic mass is 10.2. The van der Waals surface area contributed by atoms with Crippen molar-refractivity contribution in [3.05, 3.63) is 69.5 Å². The maximum Gasteiger partial charge on any atom is 0.307 e. The highest BCUT2D eigenvalue weighted by atomic mass is 35.5. The lowest BCUT2D eigenvalue weighted by molar-refractivity contribution is 0.0999. The van der Waals surface area contributed by atoms with Crippen molar-refractivity contribution in [2.75, 3.05) is 6.26 Å². The fraction of sp³-hybridized carbons (Fsp3) is 0.167. The molecule has 9 heteroatoms. The first-order chi connectivity index (χ1) is 12.7. The van der Waals surface area contributed by atoms with Crippen LogP contribution < -0.4 is 0 Å². The van der Waals surface area contributed by atoms with E-state index in [0.717, 1.165) is 5.56 Å². The summed E-state index contributed by atoms with van der Waals surface area (Å²) in [5.41, 5.74) is 1.79. The van der Waals surface area contributed by atoms with Crippen molar-refractivity contribution in [3.8, 4) is 5.69 Å². The lowest BCUT2D eigenvalue weighted by Gasteiger charge is -2.07. The molecule has 2 aromatic carbocycles. The van der Waals surface area contributed by atoms with E-state index in [1.807, 2.05) is 19.1 Å². The Kier molecular flexibility index (Phi) is 5.37. The zero-order valence-electron chi connectivity index (χ0n) is 14.8. The number of rotatable bonds is 3. The van der Waals surface area contributed by atoms with Gasteiger partial charge in [0.15, 0.2) is 5.69 Å². The van der Waals surface area contributed by atoms with Gasteiger partial charge in [0.05, 0.1) is 31.0 Å². The van der Waals surface area contributed by atoms with Crippen LogP contribution in [0.4, 0.5) is 0 Å². The molecule has 0 saturated carbocycles. The number of carbonyl (C=O) groups is 1. The zero-order chi connectivity index (χ0) is 19.8. The van der Waals surface area contributed by atoms with Gasteiger partial charge >= 0.3 is 5.91 Å². The van der Waals surface area contributed by atoms with Crippen LogP contribution in [0.15, 0.2) is 51.7 Å². The van der Waals surface area contributed by atoms with Gasteiger partial charge in [-0.15, -0.1) is 5.10 Å². The third-order valence-electron chi connectivity index (χ3n) is 3.99. The van der Waals surface area contributed by atoms with E-state index < -0.39 is 15.6 Å². The molecule has 1 unspecified atom stereocenters. The minimum absolute atomic E-state index is 0.0178. The van der Waals surface area contributed by atoms with E-state index >= 15 is 0 Å². The van der Waals surface area contributed by atoms with Crippen LogP contribution in [0.2, 0.25) is 10.0 Å². The first-order valence-electron chi connectivity index (χ1n) is 7.90. The number of carbonyl (C=O) groups excluding carboxylic acids is 1. The van der Waals surface area contributed by atoms with Gasteiger partial charge in [-0.3, -0.25) is 4.79 Å². The standard InChI is InChI=1S/C18H16Cl2N4O2S/c1-11-6-4-5-7-16(11)27(3,26)22-18(25)17-12(2)24(23-21-17)15-9-8-13(19)10-14(15)20/h4-10H,1-3H3. The average molecular weight is 423 g/mol. The molecule has 0 saturated heterocycles. The summed E-state index contributed by atoms with van der Waals surface area (Å²) < 4.78 is 18.4. The molecule has 1 heterocycles. The Labute approximate surface area is 167 Å². The van der Waals surface area contributed by atoms with E-state index in [9.17, 15) is 9.00 Å². The molecule has 1 aromatic heterocycles. The summed E-state index contributed by atoms with van der Waals surface area (Å²) in [6.45, 7) is 3.49. The van der Waals surface area contributed by atoms with Gasteiger partial charge in [-0.1, -0.05) is 46.6 Å². The molecule has 0 fully saturated rings. The second-order valence-corrected chi connectivity index (χ2v) is 9.07. The van der Waals surface area contributed by atoms with Gasteiger partial charge < -0.3 is 0 Å². The molecule has 0 N–H and O–H groups in total. The second kappa shape index (κ2) is 7.42. The summed E-state index contributed by atoms with van der Waals surface area (Å²) in [4.78, 5) is 13.2. The lowest BCUT2D eigenvalue weighted by Crippen LogP contribution is -2.07. The van der Waals surface area contributed by atoms with Gasteiger partial charge in [0.25, 0.3) is 0 Å². The highest BCUT2D eigenvalue weighted by molar-refractivity contribution is 7.93. The van der Waals surface area contributed by atoms with Crippen LogP contribution in [0.1, 0.15) is 21.7 Å². The van der Waals surface area contributed by atoms with Crippen molar-refractivity contribution < 1.29 is 9.00 Å². The fourth-order valence-corrected chi connectivity index (χ4v) is 4.63. The van der Waals surface area contributed by atoms with E-state index in [1.165, 1.54) is 10.9 Å². The van der Waals surface area contributed by atoms with E-state index in [4.69, 9.17) is 23.2 Å². The van der Waals surface area contributed by atoms with Gasteiger partial charge in [0, 0.05) is 11.3 Å². The highest BCUT2D eigenvalue weighted by Crippen LogP contribution is 2.25. The zero-order valence-corrected chi connectivity index (χ0v) is 17.1. The van der Waals surface area contributed by atoms with Crippen molar-refractivity contribution in [1.29, 1.82) is 0 Å². The predicted molar refractivity (Wildman–Crippen MR) is 106 cm³/mol. The van der Waals surface area contributed by atoms with Crippen LogP contribution in [-0.4, -0.2) is 31.4 Å². The molecular formula is C18H16Cl2N4O2S. The molecule has 0 bridgehead atoms. The second-order valence-electron chi connectivity index (χ2n) is 6.00. The molecule has 3 rings (SSSR count). The molecule has 0 radical (unpaired) electrons. The van der Waals surface area contributed by atoms with Crippen LogP contribution in [0.5, 0.6) is 0 Å². The number of benzene rings is 2. The van der Waals surface area contributed by atoms with Gasteiger partial charge in [-0.25, -0.2) is 8.89 Å². The molecule has 0 aliphatic heterocycles. The monoisotopic (exact) mass is 422 g/mol. The van der Waals surface area contributed by atoms with Crippen molar-refractivity contribution >= 4 is 38.8 Å². The number of hydrogen-bond acceptors (Lipinski definition) is 4. The van der Waals surface area contributed by atoms with Crippen molar-refractivity contribution in [2.45, 2.75) is 18.7 Å². The minimum Gasteiger partial charge on any atom is -0.264 e. The predicted octanol–water partition coefficient (Wildman–Crippen LogP) is 4.49. The largest absolute Gasteiger partial charge is 0.307 e. The molecule has 0 aliphatic carbocycles. The van der Waals surface area contributed by atoms with Crippen LogP contribution in [0.25, 0.3) is 5.69 Å². The van der Waals surface area contributed by atoms with Crippen molar-refractivity contribution in [1.82, 2.24) is 15.0 Å². The van der Waals surface area contributed by atoms with Crippen molar-refractivity contribution in [3.63, 3.8) is 0 Å². The quantitative estimate of drug-likeness (QED) is 0.622. The molecule has 27 heavy (non-hydrogen) atoms. The number of halogens is 2. The number of aromatic nitrogens is 3. The van der Waals surface area contributed by atoms with Crippen LogP contribution in [0.3, 0.4) is 0 Å². The van der Waals surface area contributed by atoms with Crippen LogP contribution in [-0.2, 0) is 9.73 Å². The van der Waals surface area contributed by atoms with Gasteiger partial charge in [0.2, 0.25) is 0 Å². The molecule has 0 spiro atoms. The van der Waals surface area contributed by atoms with E-state index in [2.05, 4.69) is 14.7 Å². The third kappa shape index (κ3) is 3.90. The molecule has 3 aromatic rings. The van der Waals surface area contributed by atoms with Crippen LogP contribution in [0, 0.1) is 13.8 Å². The Balaban J connectivity index is 2.03. The number of nitrogens with zero attached hydrogens (tertiary/aromatic N) is 4. The van der Waals surface area contributed by atoms with Crippen LogP contribution >= 0.6 is 23.2 Å². The smallest absolute Gasteiger partial charge is 0.264 e. The Morgan fingerprint density at radius 2 is 1.85 bits per heavy atom. The summed E-state index contributed by atoms with van der Waals surface area (Å²) in [5.74, 6) is -0.695. The Morgan fingerprint density at radius 3 is 2.52 bits per heavy atom. The summed E-state index contributed by atoms with van der Waals surface area (Å²) in [5, 5.41) is 8.74. The third-order valence-corrected chi connectivity index (χ3v) is 6.32. The number of aryl methyl sites for hydroxylation is 1. The maximum atomic E-state index is 13.0. The fourth-order valence-electron chi connectivity index (χ4n) is 2.64. The molecular weight excluding hydrogens is 407 g/mol. The molecule has 0 aliphatic rings. The number of amides is 1. The SMILES string of the molecule is Cc1ccccc1S(C)(=O)=NC(=O)c1nnn(-c2ccc(Cl)cc2Cl)c1C. The van der Waals surface area contributed by atoms with E-state index in [1.54, 1.807) is 37.3 Å². The number of hydrogen-bond donors (Lipinski definition) is 0. The van der Waals surface area contributed by atoms with Gasteiger partial charge in [-0.2, -0.15) is 4.36 Å². The van der Waals surface area contributed by atoms with Crippen molar-refractivity contribution in [2.24, 2.45) is 4.36 Å². The molecule has 140 valence electrons.